The molecule has 0 bridgehead atoms. The summed E-state index contributed by atoms with van der Waals surface area (Å²) in [6.07, 6.45) is 1.84. The van der Waals surface area contributed by atoms with Gasteiger partial charge in [0.1, 0.15) is 6.04 Å². The second-order valence-electron chi connectivity index (χ2n) is 8.70. The van der Waals surface area contributed by atoms with Gasteiger partial charge in [-0.05, 0) is 47.9 Å². The summed E-state index contributed by atoms with van der Waals surface area (Å²) in [5, 5.41) is 12.1. The van der Waals surface area contributed by atoms with Crippen LogP contribution in [-0.4, -0.2) is 61.4 Å². The van der Waals surface area contributed by atoms with Crippen molar-refractivity contribution in [2.75, 3.05) is 19.3 Å². The van der Waals surface area contributed by atoms with Gasteiger partial charge >= 0.3 is 0 Å². The van der Waals surface area contributed by atoms with Crippen LogP contribution in [0.4, 0.5) is 8.78 Å². The molecule has 1 aliphatic heterocycles. The van der Waals surface area contributed by atoms with Gasteiger partial charge in [-0.1, -0.05) is 18.2 Å². The van der Waals surface area contributed by atoms with Crippen LogP contribution in [0.5, 0.6) is 0 Å². The van der Waals surface area contributed by atoms with Crippen molar-refractivity contribution in [1.29, 1.82) is 5.26 Å². The molecule has 1 aliphatic rings. The fraction of sp³-hybridized carbons (Fsp3) is 0.280. The zero-order valence-electron chi connectivity index (χ0n) is 19.5. The van der Waals surface area contributed by atoms with Crippen molar-refractivity contribution in [3.63, 3.8) is 0 Å². The van der Waals surface area contributed by atoms with Crippen molar-refractivity contribution < 1.29 is 26.8 Å². The number of benzene rings is 2. The number of aromatic nitrogens is 1. The molecule has 0 aliphatic carbocycles. The number of aryl methyl sites for hydroxylation is 1. The first-order valence-corrected chi connectivity index (χ1v) is 12.8. The standard InChI is InChI=1S/C25H22F2N4O4S/c1-15-19(16-3-5-18(6-4-16)36(2,34)35)7-8-21-23(15)20(9-10-29-21)24(33)30-13-22(32)31-14-25(26,27)11-17(31)12-28/h3-10,17H,11,13-14H2,1-2H3,(H,30,33)/t17-/m0/s1. The van der Waals surface area contributed by atoms with Crippen LogP contribution in [0.15, 0.2) is 53.6 Å². The highest BCUT2D eigenvalue weighted by Crippen LogP contribution is 2.33. The van der Waals surface area contributed by atoms with E-state index in [-0.39, 0.29) is 10.5 Å². The molecule has 0 unspecified atom stereocenters. The number of nitrogens with one attached hydrogen (secondary N) is 1. The van der Waals surface area contributed by atoms with E-state index in [1.54, 1.807) is 31.2 Å². The van der Waals surface area contributed by atoms with Gasteiger partial charge < -0.3 is 10.2 Å². The maximum Gasteiger partial charge on any atom is 0.268 e. The number of carbonyl (C=O) groups is 2. The number of halogens is 2. The molecule has 36 heavy (non-hydrogen) atoms. The molecule has 1 saturated heterocycles. The lowest BCUT2D eigenvalue weighted by Gasteiger charge is -2.19. The Balaban J connectivity index is 1.61. The molecule has 2 amide bonds. The number of sulfone groups is 1. The van der Waals surface area contributed by atoms with E-state index in [1.807, 2.05) is 6.07 Å². The summed E-state index contributed by atoms with van der Waals surface area (Å²) in [5.41, 5.74) is 2.99. The van der Waals surface area contributed by atoms with E-state index in [2.05, 4.69) is 10.3 Å². The van der Waals surface area contributed by atoms with Crippen molar-refractivity contribution in [3.05, 3.63) is 59.8 Å². The Kier molecular flexibility index (Phi) is 6.49. The third kappa shape index (κ3) is 4.90. The fourth-order valence-electron chi connectivity index (χ4n) is 4.35. The van der Waals surface area contributed by atoms with Gasteiger partial charge in [-0.25, -0.2) is 17.2 Å². The van der Waals surface area contributed by atoms with Crippen molar-refractivity contribution in [3.8, 4) is 17.2 Å². The van der Waals surface area contributed by atoms with E-state index in [0.717, 1.165) is 22.3 Å². The molecule has 11 heteroatoms. The van der Waals surface area contributed by atoms with E-state index in [9.17, 15) is 26.8 Å². The molecule has 1 atom stereocenters. The van der Waals surface area contributed by atoms with Crippen molar-refractivity contribution in [1.82, 2.24) is 15.2 Å². The van der Waals surface area contributed by atoms with Gasteiger partial charge in [-0.2, -0.15) is 5.26 Å². The maximum absolute atomic E-state index is 13.7. The van der Waals surface area contributed by atoms with Crippen molar-refractivity contribution in [2.45, 2.75) is 30.2 Å². The molecule has 0 saturated carbocycles. The Hall–Kier alpha value is -3.91. The lowest BCUT2D eigenvalue weighted by atomic mass is 9.94. The molecule has 4 rings (SSSR count). The number of amides is 2. The molecular weight excluding hydrogens is 490 g/mol. The smallest absolute Gasteiger partial charge is 0.268 e. The predicted octanol–water partition coefficient (Wildman–Crippen LogP) is 3.10. The van der Waals surface area contributed by atoms with E-state index >= 15 is 0 Å². The van der Waals surface area contributed by atoms with Crippen LogP contribution in [0, 0.1) is 18.3 Å². The van der Waals surface area contributed by atoms with Crippen LogP contribution in [0.1, 0.15) is 22.3 Å². The quantitative estimate of drug-likeness (QED) is 0.561. The molecule has 0 radical (unpaired) electrons. The molecule has 2 heterocycles. The van der Waals surface area contributed by atoms with E-state index in [4.69, 9.17) is 5.26 Å². The summed E-state index contributed by atoms with van der Waals surface area (Å²) >= 11 is 0. The Morgan fingerprint density at radius 2 is 1.89 bits per heavy atom. The minimum atomic E-state index is -3.35. The van der Waals surface area contributed by atoms with Crippen molar-refractivity contribution in [2.24, 2.45) is 0 Å². The number of rotatable bonds is 5. The number of alkyl halides is 2. The minimum absolute atomic E-state index is 0.186. The normalized spacial score (nSPS) is 17.1. The zero-order valence-corrected chi connectivity index (χ0v) is 20.3. The zero-order chi connectivity index (χ0) is 26.3. The number of fused-ring (bicyclic) bond motifs is 1. The SMILES string of the molecule is Cc1c(-c2ccc(S(C)(=O)=O)cc2)ccc2nccc(C(=O)NCC(=O)N3CC(F)(F)C[C@H]3C#N)c12. The van der Waals surface area contributed by atoms with Gasteiger partial charge in [0.15, 0.2) is 9.84 Å². The first kappa shape index (κ1) is 25.2. The molecule has 1 N–H and O–H groups in total. The van der Waals surface area contributed by atoms with E-state index in [1.165, 1.54) is 24.4 Å². The largest absolute Gasteiger partial charge is 0.343 e. The van der Waals surface area contributed by atoms with Crippen LogP contribution in [0.3, 0.4) is 0 Å². The van der Waals surface area contributed by atoms with Crippen molar-refractivity contribution >= 4 is 32.6 Å². The molecule has 186 valence electrons. The van der Waals surface area contributed by atoms with Gasteiger partial charge in [0.2, 0.25) is 5.91 Å². The van der Waals surface area contributed by atoms with Gasteiger partial charge in [0, 0.05) is 24.3 Å². The first-order valence-electron chi connectivity index (χ1n) is 11.0. The first-order chi connectivity index (χ1) is 16.9. The van der Waals surface area contributed by atoms with Crippen LogP contribution >= 0.6 is 0 Å². The highest BCUT2D eigenvalue weighted by molar-refractivity contribution is 7.90. The second-order valence-corrected chi connectivity index (χ2v) is 10.7. The predicted molar refractivity (Wildman–Crippen MR) is 128 cm³/mol. The number of pyridine rings is 1. The Morgan fingerprint density at radius 1 is 1.19 bits per heavy atom. The number of likely N-dealkylation sites (tertiary alicyclic amines) is 1. The van der Waals surface area contributed by atoms with Crippen LogP contribution in [0.25, 0.3) is 22.0 Å². The second kappa shape index (κ2) is 9.28. The Bertz CT molecular complexity index is 1520. The lowest BCUT2D eigenvalue weighted by Crippen LogP contribution is -2.43. The Morgan fingerprint density at radius 3 is 2.53 bits per heavy atom. The molecule has 3 aromatic rings. The monoisotopic (exact) mass is 512 g/mol. The summed E-state index contributed by atoms with van der Waals surface area (Å²) < 4.78 is 50.9. The molecule has 2 aromatic carbocycles. The number of carbonyl (C=O) groups excluding carboxylic acids is 2. The highest BCUT2D eigenvalue weighted by Gasteiger charge is 2.47. The molecule has 1 fully saturated rings. The summed E-state index contributed by atoms with van der Waals surface area (Å²) in [7, 11) is -3.35. The van der Waals surface area contributed by atoms with Gasteiger partial charge in [0.25, 0.3) is 11.8 Å². The van der Waals surface area contributed by atoms with Gasteiger partial charge in [-0.3, -0.25) is 14.6 Å². The maximum atomic E-state index is 13.7. The summed E-state index contributed by atoms with van der Waals surface area (Å²) in [6, 6.07) is 11.9. The summed E-state index contributed by atoms with van der Waals surface area (Å²) in [4.78, 5) is 30.8. The van der Waals surface area contributed by atoms with Crippen LogP contribution in [-0.2, 0) is 14.6 Å². The summed E-state index contributed by atoms with van der Waals surface area (Å²) in [6.45, 7) is 0.400. The Labute approximate surface area is 206 Å². The minimum Gasteiger partial charge on any atom is -0.343 e. The molecule has 0 spiro atoms. The highest BCUT2D eigenvalue weighted by atomic mass is 32.2. The average molecular weight is 513 g/mol. The molecular formula is C25H22F2N4O4S. The third-order valence-corrected chi connectivity index (χ3v) is 7.27. The fourth-order valence-corrected chi connectivity index (χ4v) is 4.98. The van der Waals surface area contributed by atoms with Crippen LogP contribution in [0.2, 0.25) is 0 Å². The van der Waals surface area contributed by atoms with Gasteiger partial charge in [-0.15, -0.1) is 0 Å². The third-order valence-electron chi connectivity index (χ3n) is 6.14. The number of hydrogen-bond acceptors (Lipinski definition) is 6. The number of nitrogens with zero attached hydrogens (tertiary/aromatic N) is 3. The lowest BCUT2D eigenvalue weighted by molar-refractivity contribution is -0.131. The van der Waals surface area contributed by atoms with E-state index < -0.39 is 53.1 Å². The number of nitriles is 1. The molecule has 8 nitrogen and oxygen atoms in total. The molecule has 1 aromatic heterocycles. The van der Waals surface area contributed by atoms with Gasteiger partial charge in [0.05, 0.1) is 35.1 Å². The topological polar surface area (TPSA) is 120 Å². The number of hydrogen-bond donors (Lipinski definition) is 1. The van der Waals surface area contributed by atoms with E-state index in [0.29, 0.717) is 16.5 Å². The van der Waals surface area contributed by atoms with Crippen LogP contribution < -0.4 is 5.32 Å². The average Bonchev–Trinajstić information content (AvgIpc) is 3.16. The summed E-state index contributed by atoms with van der Waals surface area (Å²) in [5.74, 6) is -4.51.